The molecule has 6 nitrogen and oxygen atoms in total. The summed E-state index contributed by atoms with van der Waals surface area (Å²) >= 11 is 0. The second kappa shape index (κ2) is 6.37. The van der Waals surface area contributed by atoms with Crippen LogP contribution in [0.25, 0.3) is 22.3 Å². The third-order valence-electron chi connectivity index (χ3n) is 4.74. The minimum absolute atomic E-state index is 0.146. The maximum Gasteiger partial charge on any atom is 0.306 e. The molecule has 0 spiro atoms. The third kappa shape index (κ3) is 3.10. The molecule has 0 saturated carbocycles. The molecule has 1 N–H and O–H groups in total. The highest BCUT2D eigenvalue weighted by molar-refractivity contribution is 5.90. The number of benzene rings is 1. The van der Waals surface area contributed by atoms with Crippen molar-refractivity contribution >= 4 is 22.7 Å². The van der Waals surface area contributed by atoms with E-state index in [1.165, 1.54) is 0 Å². The Labute approximate surface area is 151 Å². The minimum atomic E-state index is -0.194. The lowest BCUT2D eigenvalue weighted by molar-refractivity contribution is -0.141. The van der Waals surface area contributed by atoms with Crippen LogP contribution in [0, 0.1) is 5.41 Å². The summed E-state index contributed by atoms with van der Waals surface area (Å²) < 4.78 is 5.47. The molecule has 1 atom stereocenters. The zero-order valence-electron chi connectivity index (χ0n) is 14.8. The van der Waals surface area contributed by atoms with Crippen molar-refractivity contribution in [3.63, 3.8) is 0 Å². The maximum absolute atomic E-state index is 11.7. The highest BCUT2D eigenvalue weighted by Gasteiger charge is 2.41. The lowest BCUT2D eigenvalue weighted by atomic mass is 9.85. The van der Waals surface area contributed by atoms with Crippen LogP contribution in [0.5, 0.6) is 0 Å². The lowest BCUT2D eigenvalue weighted by Crippen LogP contribution is -2.31. The number of para-hydroxylation sites is 1. The second-order valence-electron chi connectivity index (χ2n) is 7.17. The Bertz CT molecular complexity index is 956. The number of carbonyl (C=O) groups excluding carboxylic acids is 1. The Morgan fingerprint density at radius 3 is 2.65 bits per heavy atom. The summed E-state index contributed by atoms with van der Waals surface area (Å²) in [5.74, 6) is 1.23. The number of fused-ring (bicyclic) bond motifs is 1. The first kappa shape index (κ1) is 16.4. The van der Waals surface area contributed by atoms with Gasteiger partial charge in [0.2, 0.25) is 0 Å². The van der Waals surface area contributed by atoms with Crippen molar-refractivity contribution < 1.29 is 9.53 Å². The van der Waals surface area contributed by atoms with E-state index in [0.29, 0.717) is 18.8 Å². The maximum atomic E-state index is 11.7. The zero-order chi connectivity index (χ0) is 18.1. The molecule has 0 bridgehead atoms. The number of nitrogens with one attached hydrogen (secondary N) is 1. The molecular weight excluding hydrogens is 328 g/mol. The van der Waals surface area contributed by atoms with Crippen molar-refractivity contribution in [2.45, 2.75) is 26.4 Å². The third-order valence-corrected chi connectivity index (χ3v) is 4.74. The van der Waals surface area contributed by atoms with E-state index in [9.17, 15) is 4.79 Å². The number of aromatic nitrogens is 3. The molecule has 1 fully saturated rings. The van der Waals surface area contributed by atoms with Gasteiger partial charge in [0.05, 0.1) is 18.5 Å². The summed E-state index contributed by atoms with van der Waals surface area (Å²) in [6, 6.07) is 11.6. The highest BCUT2D eigenvalue weighted by atomic mass is 16.6. The van der Waals surface area contributed by atoms with Crippen molar-refractivity contribution in [2.24, 2.45) is 5.41 Å². The van der Waals surface area contributed by atoms with Crippen molar-refractivity contribution in [3.8, 4) is 11.4 Å². The average Bonchev–Trinajstić information content (AvgIpc) is 2.91. The number of nitrogens with zero attached hydrogens (tertiary/aromatic N) is 3. The fourth-order valence-corrected chi connectivity index (χ4v) is 3.19. The van der Waals surface area contributed by atoms with Gasteiger partial charge in [-0.25, -0.2) is 9.97 Å². The zero-order valence-corrected chi connectivity index (χ0v) is 14.8. The van der Waals surface area contributed by atoms with Gasteiger partial charge in [-0.15, -0.1) is 0 Å². The molecule has 0 aliphatic carbocycles. The molecule has 6 heteroatoms. The Kier molecular flexibility index (Phi) is 4.03. The summed E-state index contributed by atoms with van der Waals surface area (Å²) in [4.78, 5) is 25.1. The van der Waals surface area contributed by atoms with Crippen LogP contribution in [0.15, 0.2) is 48.8 Å². The van der Waals surface area contributed by atoms with Crippen LogP contribution in [0.1, 0.15) is 20.3 Å². The van der Waals surface area contributed by atoms with Gasteiger partial charge in [0, 0.05) is 28.8 Å². The summed E-state index contributed by atoms with van der Waals surface area (Å²) in [6.07, 6.45) is 3.70. The van der Waals surface area contributed by atoms with Crippen LogP contribution >= 0.6 is 0 Å². The Hall–Kier alpha value is -3.02. The Morgan fingerprint density at radius 1 is 1.15 bits per heavy atom. The summed E-state index contributed by atoms with van der Waals surface area (Å²) in [5, 5.41) is 4.31. The van der Waals surface area contributed by atoms with Gasteiger partial charge in [-0.3, -0.25) is 9.78 Å². The number of cyclic esters (lactones) is 1. The van der Waals surface area contributed by atoms with E-state index in [2.05, 4.69) is 15.3 Å². The van der Waals surface area contributed by atoms with Crippen molar-refractivity contribution in [2.75, 3.05) is 11.9 Å². The summed E-state index contributed by atoms with van der Waals surface area (Å²) in [6.45, 7) is 4.60. The number of hydrogen-bond acceptors (Lipinski definition) is 6. The van der Waals surface area contributed by atoms with E-state index >= 15 is 0 Å². The smallest absolute Gasteiger partial charge is 0.306 e. The molecule has 0 amide bonds. The Balaban J connectivity index is 1.68. The van der Waals surface area contributed by atoms with E-state index in [-0.39, 0.29) is 17.5 Å². The average molecular weight is 348 g/mol. The van der Waals surface area contributed by atoms with Crippen LogP contribution < -0.4 is 5.32 Å². The van der Waals surface area contributed by atoms with Crippen LogP contribution in [0.4, 0.5) is 5.82 Å². The van der Waals surface area contributed by atoms with Gasteiger partial charge < -0.3 is 10.1 Å². The number of hydrogen-bond donors (Lipinski definition) is 1. The first-order chi connectivity index (χ1) is 12.5. The van der Waals surface area contributed by atoms with Gasteiger partial charge in [0.1, 0.15) is 11.9 Å². The number of rotatable bonds is 4. The number of ether oxygens (including phenoxy) is 1. The van der Waals surface area contributed by atoms with E-state index in [1.54, 1.807) is 12.4 Å². The normalized spacial score (nSPS) is 18.7. The van der Waals surface area contributed by atoms with Gasteiger partial charge in [-0.05, 0) is 24.3 Å². The SMILES string of the molecule is CC1(C)CC(=O)OC1CNc1nc(-c2ccncc2)nc2ccccc12. The van der Waals surface area contributed by atoms with Gasteiger partial charge in [-0.1, -0.05) is 26.0 Å². The largest absolute Gasteiger partial charge is 0.460 e. The van der Waals surface area contributed by atoms with Gasteiger partial charge in [-0.2, -0.15) is 0 Å². The van der Waals surface area contributed by atoms with Crippen molar-refractivity contribution in [1.82, 2.24) is 15.0 Å². The second-order valence-corrected chi connectivity index (χ2v) is 7.17. The van der Waals surface area contributed by atoms with Gasteiger partial charge in [0.15, 0.2) is 5.82 Å². The number of pyridine rings is 1. The topological polar surface area (TPSA) is 77.0 Å². The number of anilines is 1. The quantitative estimate of drug-likeness (QED) is 0.728. The molecule has 4 rings (SSSR count). The van der Waals surface area contributed by atoms with Crippen LogP contribution in [0.2, 0.25) is 0 Å². The molecule has 3 aromatic rings. The van der Waals surface area contributed by atoms with Crippen LogP contribution in [-0.2, 0) is 9.53 Å². The first-order valence-corrected chi connectivity index (χ1v) is 8.63. The molecule has 1 aliphatic heterocycles. The van der Waals surface area contributed by atoms with Crippen LogP contribution in [0.3, 0.4) is 0 Å². The molecule has 3 heterocycles. The number of esters is 1. The first-order valence-electron chi connectivity index (χ1n) is 8.63. The predicted molar refractivity (Wildman–Crippen MR) is 99.5 cm³/mol. The molecular formula is C20H20N4O2. The standard InChI is InChI=1S/C20H20N4O2/c1-20(2)11-17(25)26-16(20)12-22-19-14-5-3-4-6-15(14)23-18(24-19)13-7-9-21-10-8-13/h3-10,16H,11-12H2,1-2H3,(H,22,23,24). The molecule has 1 unspecified atom stereocenters. The fraction of sp³-hybridized carbons (Fsp3) is 0.300. The minimum Gasteiger partial charge on any atom is -0.460 e. The molecule has 2 aromatic heterocycles. The predicted octanol–water partition coefficient (Wildman–Crippen LogP) is 3.45. The molecule has 132 valence electrons. The molecule has 1 saturated heterocycles. The molecule has 1 aliphatic rings. The summed E-state index contributed by atoms with van der Waals surface area (Å²) in [7, 11) is 0. The lowest BCUT2D eigenvalue weighted by Gasteiger charge is -2.24. The van der Waals surface area contributed by atoms with Gasteiger partial charge in [0.25, 0.3) is 0 Å². The van der Waals surface area contributed by atoms with E-state index in [1.807, 2.05) is 50.2 Å². The highest BCUT2D eigenvalue weighted by Crippen LogP contribution is 2.35. The molecule has 26 heavy (non-hydrogen) atoms. The molecule has 1 aromatic carbocycles. The van der Waals surface area contributed by atoms with E-state index < -0.39 is 0 Å². The van der Waals surface area contributed by atoms with E-state index in [4.69, 9.17) is 9.72 Å². The number of carbonyl (C=O) groups is 1. The Morgan fingerprint density at radius 2 is 1.92 bits per heavy atom. The monoisotopic (exact) mass is 348 g/mol. The fourth-order valence-electron chi connectivity index (χ4n) is 3.19. The van der Waals surface area contributed by atoms with E-state index in [0.717, 1.165) is 22.3 Å². The van der Waals surface area contributed by atoms with Crippen LogP contribution in [-0.4, -0.2) is 33.6 Å². The summed E-state index contributed by atoms with van der Waals surface area (Å²) in [5.41, 5.74) is 1.57. The van der Waals surface area contributed by atoms with Gasteiger partial charge >= 0.3 is 5.97 Å². The van der Waals surface area contributed by atoms with Crippen molar-refractivity contribution in [3.05, 3.63) is 48.8 Å². The van der Waals surface area contributed by atoms with Crippen molar-refractivity contribution in [1.29, 1.82) is 0 Å². The molecule has 0 radical (unpaired) electrons.